The van der Waals surface area contributed by atoms with Gasteiger partial charge >= 0.3 is 6.16 Å². The summed E-state index contributed by atoms with van der Waals surface area (Å²) >= 11 is 0. The van der Waals surface area contributed by atoms with Crippen LogP contribution in [0.5, 0.6) is 0 Å². The molecule has 0 amide bonds. The molecule has 3 rings (SSSR count). The number of unbranched alkanes of at least 4 members (excludes halogenated alkanes) is 3. The molecule has 2 aliphatic carbocycles. The SMILES string of the molecule is CCCCCCC(C)OC(=O)O.CCC[C@H]1CC[C@H](c2ccc(C3CC=CCC3)cc2)CC1. The van der Waals surface area contributed by atoms with Gasteiger partial charge in [0.2, 0.25) is 0 Å². The molecule has 2 unspecified atom stereocenters. The van der Waals surface area contributed by atoms with Crippen molar-refractivity contribution < 1.29 is 14.6 Å². The van der Waals surface area contributed by atoms with Crippen LogP contribution in [0.15, 0.2) is 36.4 Å². The molecule has 0 spiro atoms. The van der Waals surface area contributed by atoms with E-state index >= 15 is 0 Å². The predicted octanol–water partition coefficient (Wildman–Crippen LogP) is 9.62. The average Bonchev–Trinajstić information content (AvgIpc) is 2.83. The van der Waals surface area contributed by atoms with Crippen molar-refractivity contribution in [3.8, 4) is 0 Å². The zero-order valence-electron chi connectivity index (χ0n) is 21.4. The van der Waals surface area contributed by atoms with Gasteiger partial charge in [-0.05, 0) is 93.6 Å². The number of benzene rings is 1. The van der Waals surface area contributed by atoms with Gasteiger partial charge in [0.1, 0.15) is 6.10 Å². The summed E-state index contributed by atoms with van der Waals surface area (Å²) in [7, 11) is 0. The van der Waals surface area contributed by atoms with Gasteiger partial charge in [0.25, 0.3) is 0 Å². The van der Waals surface area contributed by atoms with Crippen molar-refractivity contribution in [2.75, 3.05) is 0 Å². The molecule has 3 heteroatoms. The Bertz CT molecular complexity index is 670. The van der Waals surface area contributed by atoms with Crippen LogP contribution in [0.3, 0.4) is 0 Å². The van der Waals surface area contributed by atoms with E-state index in [0.717, 1.165) is 30.6 Å². The Morgan fingerprint density at radius 3 is 2.12 bits per heavy atom. The standard InChI is InChI=1S/C21H30.C9H18O3/c1-2-6-17-9-11-19(12-10-17)21-15-13-20(14-16-21)18-7-4-3-5-8-18;1-3-4-5-6-7-8(2)12-9(10)11/h3-4,13-19H,2,5-12H2,1H3;8H,3-7H2,1-2H3,(H,10,11)/t17-,18?,19-;. The lowest BCUT2D eigenvalue weighted by molar-refractivity contribution is 0.0548. The van der Waals surface area contributed by atoms with Gasteiger partial charge in [0.05, 0.1) is 0 Å². The van der Waals surface area contributed by atoms with Crippen molar-refractivity contribution in [2.24, 2.45) is 5.92 Å². The lowest BCUT2D eigenvalue weighted by Gasteiger charge is -2.29. The Morgan fingerprint density at radius 2 is 1.58 bits per heavy atom. The molecule has 1 aromatic rings. The fraction of sp³-hybridized carbons (Fsp3) is 0.700. The second-order valence-corrected chi connectivity index (χ2v) is 10.2. The molecular formula is C30H48O3. The zero-order chi connectivity index (χ0) is 23.9. The fourth-order valence-corrected chi connectivity index (χ4v) is 5.42. The van der Waals surface area contributed by atoms with Crippen LogP contribution in [0, 0.1) is 5.92 Å². The maximum atomic E-state index is 10.1. The van der Waals surface area contributed by atoms with Crippen LogP contribution in [-0.2, 0) is 4.74 Å². The van der Waals surface area contributed by atoms with E-state index in [1.807, 2.05) is 0 Å². The molecule has 2 atom stereocenters. The van der Waals surface area contributed by atoms with Gasteiger partial charge in [-0.25, -0.2) is 4.79 Å². The maximum Gasteiger partial charge on any atom is 0.506 e. The summed E-state index contributed by atoms with van der Waals surface area (Å²) in [5, 5.41) is 8.26. The van der Waals surface area contributed by atoms with Crippen molar-refractivity contribution >= 4 is 6.16 Å². The molecule has 186 valence electrons. The first-order valence-corrected chi connectivity index (χ1v) is 13.7. The van der Waals surface area contributed by atoms with Crippen LogP contribution < -0.4 is 0 Å². The highest BCUT2D eigenvalue weighted by molar-refractivity contribution is 5.56. The lowest BCUT2D eigenvalue weighted by atomic mass is 9.77. The highest BCUT2D eigenvalue weighted by atomic mass is 16.7. The van der Waals surface area contributed by atoms with Gasteiger partial charge in [-0.15, -0.1) is 0 Å². The van der Waals surface area contributed by atoms with Gasteiger partial charge < -0.3 is 9.84 Å². The Kier molecular flexibility index (Phi) is 13.3. The van der Waals surface area contributed by atoms with Crippen molar-refractivity contribution in [1.29, 1.82) is 0 Å². The van der Waals surface area contributed by atoms with Crippen LogP contribution in [0.1, 0.15) is 134 Å². The topological polar surface area (TPSA) is 46.5 Å². The number of allylic oxidation sites excluding steroid dienone is 2. The first-order chi connectivity index (χ1) is 16.0. The number of hydrogen-bond acceptors (Lipinski definition) is 2. The van der Waals surface area contributed by atoms with E-state index < -0.39 is 6.16 Å². The summed E-state index contributed by atoms with van der Waals surface area (Å²) < 4.78 is 4.55. The van der Waals surface area contributed by atoms with Crippen LogP contribution in [0.4, 0.5) is 4.79 Å². The van der Waals surface area contributed by atoms with Crippen molar-refractivity contribution in [2.45, 2.75) is 129 Å². The summed E-state index contributed by atoms with van der Waals surface area (Å²) in [5.41, 5.74) is 3.16. The fourth-order valence-electron chi connectivity index (χ4n) is 5.42. The van der Waals surface area contributed by atoms with Crippen molar-refractivity contribution in [3.05, 3.63) is 47.5 Å². The quantitative estimate of drug-likeness (QED) is 0.216. The monoisotopic (exact) mass is 456 g/mol. The molecule has 0 saturated heterocycles. The molecule has 1 N–H and O–H groups in total. The third-order valence-electron chi connectivity index (χ3n) is 7.46. The first kappa shape index (κ1) is 27.5. The van der Waals surface area contributed by atoms with Gasteiger partial charge in [0, 0.05) is 0 Å². The Balaban J connectivity index is 0.000000277. The molecule has 0 heterocycles. The van der Waals surface area contributed by atoms with Crippen LogP contribution in [-0.4, -0.2) is 17.4 Å². The molecule has 1 fully saturated rings. The maximum absolute atomic E-state index is 10.1. The summed E-state index contributed by atoms with van der Waals surface area (Å²) in [6.07, 6.45) is 21.2. The normalized spacial score (nSPS) is 23.3. The van der Waals surface area contributed by atoms with Gasteiger partial charge in [0.15, 0.2) is 0 Å². The minimum Gasteiger partial charge on any atom is -0.450 e. The van der Waals surface area contributed by atoms with Crippen LogP contribution in [0.2, 0.25) is 0 Å². The van der Waals surface area contributed by atoms with Crippen molar-refractivity contribution in [3.63, 3.8) is 0 Å². The molecule has 33 heavy (non-hydrogen) atoms. The predicted molar refractivity (Wildman–Crippen MR) is 139 cm³/mol. The minimum absolute atomic E-state index is 0.153. The molecule has 0 bridgehead atoms. The minimum atomic E-state index is -1.17. The van der Waals surface area contributed by atoms with E-state index in [2.05, 4.69) is 55.0 Å². The van der Waals surface area contributed by atoms with E-state index in [0.29, 0.717) is 0 Å². The molecule has 2 aliphatic rings. The molecule has 1 saturated carbocycles. The van der Waals surface area contributed by atoms with E-state index in [1.54, 1.807) is 18.1 Å². The van der Waals surface area contributed by atoms with E-state index in [1.165, 1.54) is 77.0 Å². The number of hydrogen-bond donors (Lipinski definition) is 1. The molecule has 0 aromatic heterocycles. The molecule has 1 aromatic carbocycles. The molecule has 3 nitrogen and oxygen atoms in total. The highest BCUT2D eigenvalue weighted by Crippen LogP contribution is 2.38. The Labute approximate surface area is 203 Å². The smallest absolute Gasteiger partial charge is 0.450 e. The van der Waals surface area contributed by atoms with Crippen molar-refractivity contribution in [1.82, 2.24) is 0 Å². The first-order valence-electron chi connectivity index (χ1n) is 13.7. The lowest BCUT2D eigenvalue weighted by Crippen LogP contribution is -2.13. The molecule has 0 aliphatic heterocycles. The highest BCUT2D eigenvalue weighted by Gasteiger charge is 2.22. The second kappa shape index (κ2) is 16.0. The van der Waals surface area contributed by atoms with Gasteiger partial charge in [-0.2, -0.15) is 0 Å². The van der Waals surface area contributed by atoms with Crippen LogP contribution >= 0.6 is 0 Å². The number of ether oxygens (including phenoxy) is 1. The Morgan fingerprint density at radius 1 is 0.909 bits per heavy atom. The summed E-state index contributed by atoms with van der Waals surface area (Å²) in [6, 6.07) is 9.69. The third-order valence-corrected chi connectivity index (χ3v) is 7.46. The zero-order valence-corrected chi connectivity index (χ0v) is 21.4. The van der Waals surface area contributed by atoms with Gasteiger partial charge in [-0.3, -0.25) is 0 Å². The van der Waals surface area contributed by atoms with E-state index in [-0.39, 0.29) is 6.10 Å². The van der Waals surface area contributed by atoms with E-state index in [4.69, 9.17) is 5.11 Å². The van der Waals surface area contributed by atoms with Crippen LogP contribution in [0.25, 0.3) is 0 Å². The summed E-state index contributed by atoms with van der Waals surface area (Å²) in [5.74, 6) is 2.61. The number of carboxylic acid groups (broad SMARTS) is 1. The second-order valence-electron chi connectivity index (χ2n) is 10.2. The van der Waals surface area contributed by atoms with Gasteiger partial charge in [-0.1, -0.05) is 82.4 Å². The molecule has 0 radical (unpaired) electrons. The van der Waals surface area contributed by atoms with E-state index in [9.17, 15) is 4.79 Å². The average molecular weight is 457 g/mol. The number of carbonyl (C=O) groups is 1. The molecular weight excluding hydrogens is 408 g/mol. The summed E-state index contributed by atoms with van der Waals surface area (Å²) in [6.45, 7) is 6.27. The Hall–Kier alpha value is -1.77. The summed E-state index contributed by atoms with van der Waals surface area (Å²) in [4.78, 5) is 10.1. The third kappa shape index (κ3) is 10.8. The largest absolute Gasteiger partial charge is 0.506 e. The number of rotatable bonds is 10.